The number of aliphatic hydroxyl groups excluding tert-OH is 1. The summed E-state index contributed by atoms with van der Waals surface area (Å²) in [7, 11) is 0. The maximum atomic E-state index is 13.0. The van der Waals surface area contributed by atoms with Gasteiger partial charge in [-0.15, -0.1) is 0 Å². The molecule has 1 aromatic heterocycles. The number of rotatable bonds is 2. The largest absolute Gasteiger partial charge is 0.394 e. The SMILES string of the molecule is O=C(c1ccccn1)N1CC[C@@H]2[C@@H](CO)Nc3ccc(Br)cc3[C@@H]21. The molecule has 6 heteroatoms. The first-order chi connectivity index (χ1) is 11.7. The van der Waals surface area contributed by atoms with E-state index in [1.165, 1.54) is 0 Å². The number of hydrogen-bond donors (Lipinski definition) is 2. The zero-order valence-corrected chi connectivity index (χ0v) is 14.6. The molecule has 2 aromatic rings. The molecule has 0 aliphatic carbocycles. The molecule has 1 fully saturated rings. The van der Waals surface area contributed by atoms with E-state index in [1.54, 1.807) is 12.3 Å². The second-order valence-electron chi connectivity index (χ2n) is 6.28. The van der Waals surface area contributed by atoms with Crippen LogP contribution in [0.2, 0.25) is 0 Å². The van der Waals surface area contributed by atoms with Crippen LogP contribution in [0.5, 0.6) is 0 Å². The molecule has 0 spiro atoms. The highest BCUT2D eigenvalue weighted by Gasteiger charge is 2.46. The predicted molar refractivity (Wildman–Crippen MR) is 94.8 cm³/mol. The molecule has 0 bridgehead atoms. The monoisotopic (exact) mass is 387 g/mol. The summed E-state index contributed by atoms with van der Waals surface area (Å²) < 4.78 is 0.987. The van der Waals surface area contributed by atoms with Gasteiger partial charge in [0.1, 0.15) is 5.69 Å². The van der Waals surface area contributed by atoms with Gasteiger partial charge in [-0.05, 0) is 42.3 Å². The number of halogens is 1. The normalized spacial score (nSPS) is 24.9. The fourth-order valence-corrected chi connectivity index (χ4v) is 4.28. The van der Waals surface area contributed by atoms with Crippen molar-refractivity contribution in [2.75, 3.05) is 18.5 Å². The summed E-state index contributed by atoms with van der Waals surface area (Å²) in [5.74, 6) is 0.150. The Hall–Kier alpha value is -1.92. The van der Waals surface area contributed by atoms with Crippen LogP contribution < -0.4 is 5.32 Å². The molecule has 0 saturated carbocycles. The first kappa shape index (κ1) is 15.6. The molecule has 2 aliphatic heterocycles. The van der Waals surface area contributed by atoms with Crippen molar-refractivity contribution in [3.8, 4) is 0 Å². The van der Waals surface area contributed by atoms with Crippen molar-refractivity contribution in [1.82, 2.24) is 9.88 Å². The van der Waals surface area contributed by atoms with Gasteiger partial charge >= 0.3 is 0 Å². The third kappa shape index (κ3) is 2.50. The number of carbonyl (C=O) groups excluding carboxylic acids is 1. The van der Waals surface area contributed by atoms with E-state index in [1.807, 2.05) is 29.2 Å². The van der Waals surface area contributed by atoms with Crippen LogP contribution in [-0.4, -0.2) is 40.1 Å². The summed E-state index contributed by atoms with van der Waals surface area (Å²) in [6.07, 6.45) is 2.51. The van der Waals surface area contributed by atoms with Gasteiger partial charge in [0.25, 0.3) is 5.91 Å². The predicted octanol–water partition coefficient (Wildman–Crippen LogP) is 2.83. The molecule has 4 rings (SSSR count). The first-order valence-electron chi connectivity index (χ1n) is 8.08. The molecule has 0 radical (unpaired) electrons. The van der Waals surface area contributed by atoms with Gasteiger partial charge in [0.05, 0.1) is 18.7 Å². The number of amides is 1. The summed E-state index contributed by atoms with van der Waals surface area (Å²) in [6.45, 7) is 0.733. The van der Waals surface area contributed by atoms with Crippen molar-refractivity contribution in [3.63, 3.8) is 0 Å². The van der Waals surface area contributed by atoms with Crippen LogP contribution in [0.25, 0.3) is 0 Å². The molecule has 3 atom stereocenters. The Bertz CT molecular complexity index is 768. The van der Waals surface area contributed by atoms with Crippen LogP contribution in [0.15, 0.2) is 47.1 Å². The van der Waals surface area contributed by atoms with E-state index in [9.17, 15) is 9.90 Å². The molecule has 2 aliphatic rings. The van der Waals surface area contributed by atoms with Gasteiger partial charge in [0, 0.05) is 28.8 Å². The highest BCUT2D eigenvalue weighted by atomic mass is 79.9. The summed E-state index contributed by atoms with van der Waals surface area (Å²) >= 11 is 3.53. The summed E-state index contributed by atoms with van der Waals surface area (Å²) in [4.78, 5) is 19.1. The summed E-state index contributed by atoms with van der Waals surface area (Å²) in [5.41, 5.74) is 2.55. The Morgan fingerprint density at radius 3 is 3.00 bits per heavy atom. The smallest absolute Gasteiger partial charge is 0.272 e. The van der Waals surface area contributed by atoms with Crippen molar-refractivity contribution in [2.45, 2.75) is 18.5 Å². The number of anilines is 1. The molecule has 3 heterocycles. The Labute approximate surface area is 148 Å². The zero-order chi connectivity index (χ0) is 16.7. The standard InChI is InChI=1S/C18H18BrN3O2/c19-11-4-5-14-13(9-11)17-12(16(10-23)21-14)6-8-22(17)18(24)15-3-1-2-7-20-15/h1-5,7,9,12,16-17,21,23H,6,8,10H2/t12-,16-,17-/m1/s1. The van der Waals surface area contributed by atoms with Gasteiger partial charge in [0.15, 0.2) is 0 Å². The topological polar surface area (TPSA) is 65.5 Å². The molecular formula is C18H18BrN3O2. The Morgan fingerprint density at radius 2 is 2.25 bits per heavy atom. The number of benzene rings is 1. The van der Waals surface area contributed by atoms with Gasteiger partial charge in [-0.3, -0.25) is 9.78 Å². The molecule has 2 N–H and O–H groups in total. The van der Waals surface area contributed by atoms with E-state index >= 15 is 0 Å². The van der Waals surface area contributed by atoms with Crippen molar-refractivity contribution < 1.29 is 9.90 Å². The molecule has 124 valence electrons. The zero-order valence-electron chi connectivity index (χ0n) is 13.0. The lowest BCUT2D eigenvalue weighted by atomic mass is 9.83. The molecule has 5 nitrogen and oxygen atoms in total. The van der Waals surface area contributed by atoms with Gasteiger partial charge in [0.2, 0.25) is 0 Å². The first-order valence-corrected chi connectivity index (χ1v) is 8.87. The van der Waals surface area contributed by atoms with Gasteiger partial charge in [-0.1, -0.05) is 22.0 Å². The average molecular weight is 388 g/mol. The lowest BCUT2D eigenvalue weighted by Gasteiger charge is -2.39. The maximum absolute atomic E-state index is 13.0. The summed E-state index contributed by atoms with van der Waals surface area (Å²) in [5, 5.41) is 13.2. The summed E-state index contributed by atoms with van der Waals surface area (Å²) in [6, 6.07) is 11.4. The molecule has 0 unspecified atom stereocenters. The van der Waals surface area contributed by atoms with Crippen molar-refractivity contribution in [3.05, 3.63) is 58.3 Å². The van der Waals surface area contributed by atoms with Crippen LogP contribution in [0.3, 0.4) is 0 Å². The molecule has 24 heavy (non-hydrogen) atoms. The van der Waals surface area contributed by atoms with Crippen LogP contribution in [-0.2, 0) is 0 Å². The number of aliphatic hydroxyl groups is 1. The minimum absolute atomic E-state index is 0.0367. The highest BCUT2D eigenvalue weighted by Crippen LogP contribution is 2.47. The number of fused-ring (bicyclic) bond motifs is 3. The fourth-order valence-electron chi connectivity index (χ4n) is 3.90. The number of pyridine rings is 1. The van der Waals surface area contributed by atoms with E-state index < -0.39 is 0 Å². The Kier molecular flexibility index (Phi) is 4.02. The minimum atomic E-state index is -0.0485. The van der Waals surface area contributed by atoms with Gasteiger partial charge in [-0.2, -0.15) is 0 Å². The number of nitrogens with zero attached hydrogens (tertiary/aromatic N) is 2. The van der Waals surface area contributed by atoms with E-state index in [-0.39, 0.29) is 30.5 Å². The Balaban J connectivity index is 1.75. The van der Waals surface area contributed by atoms with Crippen LogP contribution >= 0.6 is 15.9 Å². The van der Waals surface area contributed by atoms with Crippen molar-refractivity contribution >= 4 is 27.5 Å². The molecule has 1 saturated heterocycles. The molecular weight excluding hydrogens is 370 g/mol. The van der Waals surface area contributed by atoms with E-state index in [2.05, 4.69) is 32.3 Å². The number of aromatic nitrogens is 1. The minimum Gasteiger partial charge on any atom is -0.394 e. The van der Waals surface area contributed by atoms with Crippen molar-refractivity contribution in [2.24, 2.45) is 5.92 Å². The second kappa shape index (κ2) is 6.18. The van der Waals surface area contributed by atoms with Crippen LogP contribution in [0.1, 0.15) is 28.5 Å². The lowest BCUT2D eigenvalue weighted by molar-refractivity contribution is 0.0695. The average Bonchev–Trinajstić information content (AvgIpc) is 3.06. The number of likely N-dealkylation sites (tertiary alicyclic amines) is 1. The maximum Gasteiger partial charge on any atom is 0.272 e. The van der Waals surface area contributed by atoms with E-state index in [4.69, 9.17) is 0 Å². The third-order valence-electron chi connectivity index (χ3n) is 4.98. The van der Waals surface area contributed by atoms with Crippen LogP contribution in [0.4, 0.5) is 5.69 Å². The van der Waals surface area contributed by atoms with E-state index in [0.29, 0.717) is 12.2 Å². The van der Waals surface area contributed by atoms with E-state index in [0.717, 1.165) is 22.1 Å². The van der Waals surface area contributed by atoms with Crippen molar-refractivity contribution in [1.29, 1.82) is 0 Å². The Morgan fingerprint density at radius 1 is 1.38 bits per heavy atom. The molecule has 1 amide bonds. The lowest BCUT2D eigenvalue weighted by Crippen LogP contribution is -2.43. The number of carbonyl (C=O) groups is 1. The highest BCUT2D eigenvalue weighted by molar-refractivity contribution is 9.10. The third-order valence-corrected chi connectivity index (χ3v) is 5.47. The fraction of sp³-hybridized carbons (Fsp3) is 0.333. The number of nitrogens with one attached hydrogen (secondary N) is 1. The van der Waals surface area contributed by atoms with Gasteiger partial charge < -0.3 is 15.3 Å². The number of hydrogen-bond acceptors (Lipinski definition) is 4. The van der Waals surface area contributed by atoms with Gasteiger partial charge in [-0.25, -0.2) is 0 Å². The quantitative estimate of drug-likeness (QED) is 0.831. The second-order valence-corrected chi connectivity index (χ2v) is 7.19. The molecule has 1 aromatic carbocycles. The van der Waals surface area contributed by atoms with Crippen LogP contribution in [0, 0.1) is 5.92 Å².